The maximum absolute atomic E-state index is 13.1. The van der Waals surface area contributed by atoms with E-state index in [1.54, 1.807) is 6.07 Å². The SMILES string of the molecule is Cn1nnc2cccc(F)c2c1=O. The van der Waals surface area contributed by atoms with Crippen molar-refractivity contribution in [1.29, 1.82) is 0 Å². The largest absolute Gasteiger partial charge is 0.280 e. The summed E-state index contributed by atoms with van der Waals surface area (Å²) in [5, 5.41) is 7.20. The summed E-state index contributed by atoms with van der Waals surface area (Å²) < 4.78 is 14.2. The molecule has 0 bridgehead atoms. The third kappa shape index (κ3) is 1.09. The van der Waals surface area contributed by atoms with Crippen LogP contribution < -0.4 is 5.56 Å². The molecule has 13 heavy (non-hydrogen) atoms. The number of halogens is 1. The van der Waals surface area contributed by atoms with E-state index in [2.05, 4.69) is 10.3 Å². The zero-order chi connectivity index (χ0) is 9.42. The number of benzene rings is 1. The van der Waals surface area contributed by atoms with Gasteiger partial charge >= 0.3 is 0 Å². The smallest absolute Gasteiger partial charge is 0.267 e. The molecule has 1 aromatic heterocycles. The first kappa shape index (κ1) is 7.85. The number of rotatable bonds is 0. The van der Waals surface area contributed by atoms with Crippen molar-refractivity contribution in [1.82, 2.24) is 15.0 Å². The molecular formula is C8H6FN3O. The van der Waals surface area contributed by atoms with E-state index in [0.29, 0.717) is 0 Å². The Morgan fingerprint density at radius 3 is 3.00 bits per heavy atom. The van der Waals surface area contributed by atoms with Crippen molar-refractivity contribution >= 4 is 10.9 Å². The fraction of sp³-hybridized carbons (Fsp3) is 0.125. The van der Waals surface area contributed by atoms with Gasteiger partial charge in [-0.05, 0) is 12.1 Å². The molecular weight excluding hydrogens is 173 g/mol. The zero-order valence-electron chi connectivity index (χ0n) is 6.86. The van der Waals surface area contributed by atoms with E-state index in [-0.39, 0.29) is 10.9 Å². The first-order valence-corrected chi connectivity index (χ1v) is 3.68. The second-order valence-corrected chi connectivity index (χ2v) is 2.65. The second kappa shape index (κ2) is 2.62. The van der Waals surface area contributed by atoms with Gasteiger partial charge in [-0.25, -0.2) is 9.07 Å². The summed E-state index contributed by atoms with van der Waals surface area (Å²) in [6.45, 7) is 0. The molecule has 66 valence electrons. The molecule has 2 rings (SSSR count). The van der Waals surface area contributed by atoms with Gasteiger partial charge in [0.2, 0.25) is 0 Å². The third-order valence-corrected chi connectivity index (χ3v) is 1.79. The van der Waals surface area contributed by atoms with Gasteiger partial charge < -0.3 is 0 Å². The van der Waals surface area contributed by atoms with Crippen LogP contribution in [0.25, 0.3) is 10.9 Å². The van der Waals surface area contributed by atoms with Crippen molar-refractivity contribution in [3.8, 4) is 0 Å². The standard InChI is InChI=1S/C8H6FN3O/c1-12-8(13)7-5(9)3-2-4-6(7)10-11-12/h2-4H,1H3. The van der Waals surface area contributed by atoms with Crippen molar-refractivity contribution in [2.24, 2.45) is 7.05 Å². The van der Waals surface area contributed by atoms with Gasteiger partial charge in [-0.3, -0.25) is 4.79 Å². The molecule has 0 unspecified atom stereocenters. The number of aromatic nitrogens is 3. The van der Waals surface area contributed by atoms with Crippen LogP contribution in [0.2, 0.25) is 0 Å². The number of hydrogen-bond acceptors (Lipinski definition) is 3. The van der Waals surface area contributed by atoms with Crippen molar-refractivity contribution in [3.63, 3.8) is 0 Å². The van der Waals surface area contributed by atoms with Crippen LogP contribution in [0, 0.1) is 5.82 Å². The summed E-state index contributed by atoms with van der Waals surface area (Å²) >= 11 is 0. The Hall–Kier alpha value is -1.78. The summed E-state index contributed by atoms with van der Waals surface area (Å²) in [7, 11) is 1.43. The van der Waals surface area contributed by atoms with Gasteiger partial charge in [0, 0.05) is 7.05 Å². The summed E-state index contributed by atoms with van der Waals surface area (Å²) in [4.78, 5) is 11.4. The van der Waals surface area contributed by atoms with E-state index in [1.807, 2.05) is 0 Å². The van der Waals surface area contributed by atoms with Gasteiger partial charge in [0.25, 0.3) is 5.56 Å². The average Bonchev–Trinajstić information content (AvgIpc) is 2.12. The van der Waals surface area contributed by atoms with Gasteiger partial charge in [-0.2, -0.15) is 0 Å². The molecule has 0 saturated carbocycles. The third-order valence-electron chi connectivity index (χ3n) is 1.79. The molecule has 0 aliphatic rings. The van der Waals surface area contributed by atoms with E-state index >= 15 is 0 Å². The Labute approximate surface area is 72.6 Å². The predicted molar refractivity (Wildman–Crippen MR) is 44.7 cm³/mol. The molecule has 0 atom stereocenters. The molecule has 1 heterocycles. The maximum Gasteiger partial charge on any atom is 0.280 e. The average molecular weight is 179 g/mol. The summed E-state index contributed by atoms with van der Waals surface area (Å²) in [5.74, 6) is -0.562. The van der Waals surface area contributed by atoms with E-state index < -0.39 is 11.4 Å². The Balaban J connectivity index is 3.06. The molecule has 0 fully saturated rings. The molecule has 4 nitrogen and oxygen atoms in total. The minimum absolute atomic E-state index is 0.0139. The van der Waals surface area contributed by atoms with E-state index in [4.69, 9.17) is 0 Å². The van der Waals surface area contributed by atoms with Crippen LogP contribution in [-0.4, -0.2) is 15.0 Å². The van der Waals surface area contributed by atoms with Crippen LogP contribution in [0.1, 0.15) is 0 Å². The Bertz CT molecular complexity index is 520. The molecule has 0 aliphatic carbocycles. The molecule has 0 aliphatic heterocycles. The molecule has 0 spiro atoms. The fourth-order valence-corrected chi connectivity index (χ4v) is 1.13. The number of aryl methyl sites for hydroxylation is 1. The zero-order valence-corrected chi connectivity index (χ0v) is 6.86. The topological polar surface area (TPSA) is 47.8 Å². The highest BCUT2D eigenvalue weighted by atomic mass is 19.1. The maximum atomic E-state index is 13.1. The highest BCUT2D eigenvalue weighted by Crippen LogP contribution is 2.08. The summed E-state index contributed by atoms with van der Waals surface area (Å²) in [6, 6.07) is 4.27. The monoisotopic (exact) mass is 179 g/mol. The molecule has 2 aromatic rings. The number of hydrogen-bond donors (Lipinski definition) is 0. The summed E-state index contributed by atoms with van der Waals surface area (Å²) in [6.07, 6.45) is 0. The lowest BCUT2D eigenvalue weighted by Crippen LogP contribution is -2.21. The Kier molecular flexibility index (Phi) is 1.58. The van der Waals surface area contributed by atoms with E-state index in [9.17, 15) is 9.18 Å². The van der Waals surface area contributed by atoms with Crippen LogP contribution in [0.3, 0.4) is 0 Å². The van der Waals surface area contributed by atoms with Gasteiger partial charge in [-0.15, -0.1) is 5.10 Å². The fourth-order valence-electron chi connectivity index (χ4n) is 1.13. The summed E-state index contributed by atoms with van der Waals surface area (Å²) in [5.41, 5.74) is -0.189. The van der Waals surface area contributed by atoms with Crippen LogP contribution >= 0.6 is 0 Å². The van der Waals surface area contributed by atoms with Gasteiger partial charge in [0.1, 0.15) is 16.7 Å². The molecule has 5 heteroatoms. The highest BCUT2D eigenvalue weighted by molar-refractivity contribution is 5.77. The lowest BCUT2D eigenvalue weighted by atomic mass is 10.2. The van der Waals surface area contributed by atoms with E-state index in [0.717, 1.165) is 4.68 Å². The molecule has 0 saturated heterocycles. The van der Waals surface area contributed by atoms with Crippen LogP contribution in [0.4, 0.5) is 4.39 Å². The highest BCUT2D eigenvalue weighted by Gasteiger charge is 2.06. The van der Waals surface area contributed by atoms with Gasteiger partial charge in [0.15, 0.2) is 0 Å². The quantitative estimate of drug-likeness (QED) is 0.590. The normalized spacial score (nSPS) is 10.6. The minimum atomic E-state index is -0.562. The van der Waals surface area contributed by atoms with Crippen molar-refractivity contribution in [3.05, 3.63) is 34.4 Å². The minimum Gasteiger partial charge on any atom is -0.267 e. The lowest BCUT2D eigenvalue weighted by Gasteiger charge is -1.98. The first-order valence-electron chi connectivity index (χ1n) is 3.68. The Morgan fingerprint density at radius 2 is 2.23 bits per heavy atom. The van der Waals surface area contributed by atoms with Gasteiger partial charge in [0.05, 0.1) is 0 Å². The van der Waals surface area contributed by atoms with Crippen molar-refractivity contribution in [2.75, 3.05) is 0 Å². The van der Waals surface area contributed by atoms with Crippen LogP contribution in [-0.2, 0) is 7.05 Å². The Morgan fingerprint density at radius 1 is 1.46 bits per heavy atom. The molecule has 0 amide bonds. The molecule has 0 N–H and O–H groups in total. The second-order valence-electron chi connectivity index (χ2n) is 2.65. The number of fused-ring (bicyclic) bond motifs is 1. The first-order chi connectivity index (χ1) is 6.20. The van der Waals surface area contributed by atoms with Crippen molar-refractivity contribution < 1.29 is 4.39 Å². The van der Waals surface area contributed by atoms with Crippen molar-refractivity contribution in [2.45, 2.75) is 0 Å². The lowest BCUT2D eigenvalue weighted by molar-refractivity contribution is 0.620. The van der Waals surface area contributed by atoms with E-state index in [1.165, 1.54) is 19.2 Å². The van der Waals surface area contributed by atoms with Crippen LogP contribution in [0.5, 0.6) is 0 Å². The van der Waals surface area contributed by atoms with Gasteiger partial charge in [-0.1, -0.05) is 11.3 Å². The molecule has 0 radical (unpaired) electrons. The predicted octanol–water partition coefficient (Wildman–Crippen LogP) is 0.468. The van der Waals surface area contributed by atoms with Crippen LogP contribution in [0.15, 0.2) is 23.0 Å². The number of nitrogens with zero attached hydrogens (tertiary/aromatic N) is 3. The molecule has 1 aromatic carbocycles.